The molecule has 6 nitrogen and oxygen atoms in total. The second-order valence-corrected chi connectivity index (χ2v) is 7.44. The molecule has 1 aromatic heterocycles. The summed E-state index contributed by atoms with van der Waals surface area (Å²) >= 11 is 1.34. The van der Waals surface area contributed by atoms with E-state index in [4.69, 9.17) is 5.73 Å². The molecule has 0 saturated carbocycles. The van der Waals surface area contributed by atoms with Gasteiger partial charge in [-0.05, 0) is 47.9 Å². The lowest BCUT2D eigenvalue weighted by molar-refractivity contribution is -0.114. The minimum atomic E-state index is -0.432. The van der Waals surface area contributed by atoms with Gasteiger partial charge in [0, 0.05) is 25.6 Å². The largest absolute Gasteiger partial charge is 0.366 e. The van der Waals surface area contributed by atoms with Crippen molar-refractivity contribution in [2.24, 2.45) is 11.7 Å². The Bertz CT molecular complexity index is 846. The number of carbonyl (C=O) groups excluding carboxylic acids is 3. The maximum atomic E-state index is 12.8. The van der Waals surface area contributed by atoms with Crippen LogP contribution in [0.15, 0.2) is 35.7 Å². The van der Waals surface area contributed by atoms with E-state index in [1.165, 1.54) is 18.3 Å². The number of primary amides is 1. The van der Waals surface area contributed by atoms with Gasteiger partial charge in [0.05, 0.1) is 5.69 Å². The van der Waals surface area contributed by atoms with Crippen LogP contribution in [0.2, 0.25) is 0 Å². The number of nitrogens with two attached hydrogens (primary N) is 1. The topological polar surface area (TPSA) is 92.5 Å². The van der Waals surface area contributed by atoms with Crippen molar-refractivity contribution >= 4 is 34.7 Å². The lowest BCUT2D eigenvalue weighted by Gasteiger charge is -2.17. The Kier molecular flexibility index (Phi) is 5.37. The van der Waals surface area contributed by atoms with Crippen molar-refractivity contribution in [1.29, 1.82) is 0 Å². The molecular formula is C19H21N3O3S. The third kappa shape index (κ3) is 4.11. The molecule has 3 N–H and O–H groups in total. The number of rotatable bonds is 5. The Morgan fingerprint density at radius 1 is 1.31 bits per heavy atom. The zero-order valence-electron chi connectivity index (χ0n) is 14.5. The smallest absolute Gasteiger partial charge is 0.266 e. The number of thiophene rings is 1. The summed E-state index contributed by atoms with van der Waals surface area (Å²) in [5.41, 5.74) is 7.47. The van der Waals surface area contributed by atoms with Gasteiger partial charge in [0.1, 0.15) is 4.88 Å². The molecule has 0 bridgehead atoms. The number of hydrogen-bond acceptors (Lipinski definition) is 4. The number of carbonyl (C=O) groups is 3. The molecule has 2 aromatic rings. The van der Waals surface area contributed by atoms with Crippen molar-refractivity contribution in [3.05, 3.63) is 51.7 Å². The van der Waals surface area contributed by atoms with Crippen molar-refractivity contribution in [3.8, 4) is 0 Å². The van der Waals surface area contributed by atoms with Crippen molar-refractivity contribution < 1.29 is 14.4 Å². The predicted molar refractivity (Wildman–Crippen MR) is 101 cm³/mol. The van der Waals surface area contributed by atoms with Gasteiger partial charge in [-0.2, -0.15) is 0 Å². The number of likely N-dealkylation sites (tertiary alicyclic amines) is 1. The minimum Gasteiger partial charge on any atom is -0.366 e. The van der Waals surface area contributed by atoms with E-state index in [0.717, 1.165) is 18.4 Å². The van der Waals surface area contributed by atoms with Crippen molar-refractivity contribution in [2.45, 2.75) is 19.8 Å². The predicted octanol–water partition coefficient (Wildman–Crippen LogP) is 2.51. The van der Waals surface area contributed by atoms with Crippen LogP contribution in [0, 0.1) is 5.92 Å². The molecule has 1 saturated heterocycles. The van der Waals surface area contributed by atoms with Crippen LogP contribution in [0.5, 0.6) is 0 Å². The lowest BCUT2D eigenvalue weighted by Crippen LogP contribution is -2.29. The van der Waals surface area contributed by atoms with E-state index in [0.29, 0.717) is 35.1 Å². The zero-order chi connectivity index (χ0) is 18.7. The number of amides is 3. The average molecular weight is 371 g/mol. The summed E-state index contributed by atoms with van der Waals surface area (Å²) in [5, 5.41) is 4.51. The van der Waals surface area contributed by atoms with Gasteiger partial charge < -0.3 is 16.0 Å². The number of nitrogens with one attached hydrogen (secondary N) is 1. The number of anilines is 1. The molecule has 1 unspecified atom stereocenters. The van der Waals surface area contributed by atoms with E-state index in [1.54, 1.807) is 17.5 Å². The monoisotopic (exact) mass is 371 g/mol. The van der Waals surface area contributed by atoms with Gasteiger partial charge in [0.15, 0.2) is 0 Å². The molecule has 3 amide bonds. The molecule has 2 heterocycles. The first-order valence-electron chi connectivity index (χ1n) is 8.47. The first kappa shape index (κ1) is 18.1. The highest BCUT2D eigenvalue weighted by molar-refractivity contribution is 7.12. The van der Waals surface area contributed by atoms with Crippen LogP contribution in [0.25, 0.3) is 0 Å². The van der Waals surface area contributed by atoms with Crippen LogP contribution in [-0.2, 0) is 11.2 Å². The standard InChI is InChI=1S/C19H21N3O3S/c1-12(23)21-16-6-8-26-17(16)19(25)22-7-5-14(11-22)9-13-3-2-4-15(10-13)18(20)24/h2-4,6,8,10,14H,5,7,9,11H2,1H3,(H2,20,24)(H,21,23). The molecule has 1 fully saturated rings. The van der Waals surface area contributed by atoms with E-state index in [2.05, 4.69) is 5.32 Å². The van der Waals surface area contributed by atoms with Crippen LogP contribution in [0.4, 0.5) is 5.69 Å². The summed E-state index contributed by atoms with van der Waals surface area (Å²) < 4.78 is 0. The highest BCUT2D eigenvalue weighted by atomic mass is 32.1. The van der Waals surface area contributed by atoms with E-state index < -0.39 is 5.91 Å². The summed E-state index contributed by atoms with van der Waals surface area (Å²) in [6.45, 7) is 2.78. The summed E-state index contributed by atoms with van der Waals surface area (Å²) in [6.07, 6.45) is 1.71. The molecule has 0 spiro atoms. The highest BCUT2D eigenvalue weighted by Gasteiger charge is 2.29. The van der Waals surface area contributed by atoms with Gasteiger partial charge in [-0.3, -0.25) is 14.4 Å². The van der Waals surface area contributed by atoms with Crippen LogP contribution in [0.3, 0.4) is 0 Å². The van der Waals surface area contributed by atoms with Gasteiger partial charge >= 0.3 is 0 Å². The van der Waals surface area contributed by atoms with Gasteiger partial charge in [-0.1, -0.05) is 12.1 Å². The van der Waals surface area contributed by atoms with E-state index in [1.807, 2.05) is 23.1 Å². The average Bonchev–Trinajstić information content (AvgIpc) is 3.23. The Balaban J connectivity index is 1.64. The number of nitrogens with zero attached hydrogens (tertiary/aromatic N) is 1. The van der Waals surface area contributed by atoms with Gasteiger partial charge in [0.25, 0.3) is 5.91 Å². The number of hydrogen-bond donors (Lipinski definition) is 2. The van der Waals surface area contributed by atoms with E-state index in [9.17, 15) is 14.4 Å². The second kappa shape index (κ2) is 7.70. The van der Waals surface area contributed by atoms with Crippen molar-refractivity contribution in [3.63, 3.8) is 0 Å². The van der Waals surface area contributed by atoms with Crippen molar-refractivity contribution in [1.82, 2.24) is 4.90 Å². The fourth-order valence-corrected chi connectivity index (χ4v) is 4.09. The molecule has 7 heteroatoms. The SMILES string of the molecule is CC(=O)Nc1ccsc1C(=O)N1CCC(Cc2cccc(C(N)=O)c2)C1. The van der Waals surface area contributed by atoms with Gasteiger partial charge in [0.2, 0.25) is 11.8 Å². The molecule has 136 valence electrons. The van der Waals surface area contributed by atoms with Crippen molar-refractivity contribution in [2.75, 3.05) is 18.4 Å². The molecule has 3 rings (SSSR count). The quantitative estimate of drug-likeness (QED) is 0.846. The fraction of sp³-hybridized carbons (Fsp3) is 0.316. The number of benzene rings is 1. The Hall–Kier alpha value is -2.67. The van der Waals surface area contributed by atoms with E-state index in [-0.39, 0.29) is 11.8 Å². The van der Waals surface area contributed by atoms with Crippen LogP contribution >= 0.6 is 11.3 Å². The summed E-state index contributed by atoms with van der Waals surface area (Å²) in [4.78, 5) is 37.8. The summed E-state index contributed by atoms with van der Waals surface area (Å²) in [7, 11) is 0. The molecule has 1 atom stereocenters. The molecule has 1 aromatic carbocycles. The summed E-state index contributed by atoms with van der Waals surface area (Å²) in [6, 6.07) is 9.09. The fourth-order valence-electron chi connectivity index (χ4n) is 3.28. The molecule has 0 radical (unpaired) electrons. The first-order valence-corrected chi connectivity index (χ1v) is 9.35. The molecule has 26 heavy (non-hydrogen) atoms. The Labute approximate surface area is 156 Å². The first-order chi connectivity index (χ1) is 12.4. The molecule has 1 aliphatic heterocycles. The highest BCUT2D eigenvalue weighted by Crippen LogP contribution is 2.28. The van der Waals surface area contributed by atoms with Crippen LogP contribution < -0.4 is 11.1 Å². The molecule has 0 aliphatic carbocycles. The van der Waals surface area contributed by atoms with Gasteiger partial charge in [-0.15, -0.1) is 11.3 Å². The zero-order valence-corrected chi connectivity index (χ0v) is 15.3. The Morgan fingerprint density at radius 2 is 2.12 bits per heavy atom. The maximum Gasteiger partial charge on any atom is 0.266 e. The van der Waals surface area contributed by atoms with Crippen LogP contribution in [0.1, 0.15) is 38.9 Å². The molecular weight excluding hydrogens is 350 g/mol. The maximum absolute atomic E-state index is 12.8. The minimum absolute atomic E-state index is 0.0443. The third-order valence-electron chi connectivity index (χ3n) is 4.48. The Morgan fingerprint density at radius 3 is 2.85 bits per heavy atom. The van der Waals surface area contributed by atoms with Crippen LogP contribution in [-0.4, -0.2) is 35.7 Å². The van der Waals surface area contributed by atoms with E-state index >= 15 is 0 Å². The third-order valence-corrected chi connectivity index (χ3v) is 5.38. The second-order valence-electron chi connectivity index (χ2n) is 6.52. The normalized spacial score (nSPS) is 16.5. The van der Waals surface area contributed by atoms with Gasteiger partial charge in [-0.25, -0.2) is 0 Å². The molecule has 1 aliphatic rings. The lowest BCUT2D eigenvalue weighted by atomic mass is 9.97. The summed E-state index contributed by atoms with van der Waals surface area (Å²) in [5.74, 6) is -0.326.